The van der Waals surface area contributed by atoms with E-state index in [2.05, 4.69) is 114 Å². The van der Waals surface area contributed by atoms with E-state index in [9.17, 15) is 0 Å². The SMILES string of the molecule is Cc1cccc(-c2ccccc2)n1.Cc1cncnc1-c1cccnc1.Cc1cncnc1-c1ccncc1.Cc1ncncc1-c1ccccc1.Cc1ncncc1-c1ccccn1.Cc1ncncc1-c1cccnc1.Cc1ncncc1-c1ccncc1. The van der Waals surface area contributed by atoms with Crippen LogP contribution in [-0.2, 0) is 0 Å². The molecule has 18 heteroatoms. The molecule has 0 saturated carbocycles. The van der Waals surface area contributed by atoms with Crippen molar-refractivity contribution in [1.82, 2.24) is 89.7 Å². The molecule has 18 nitrogen and oxygen atoms in total. The Balaban J connectivity index is 0.000000137. The zero-order chi connectivity index (χ0) is 63.7. The van der Waals surface area contributed by atoms with Gasteiger partial charge in [-0.25, -0.2) is 59.8 Å². The van der Waals surface area contributed by atoms with Crippen LogP contribution in [0.25, 0.3) is 78.4 Å². The fourth-order valence-corrected chi connectivity index (χ4v) is 8.59. The van der Waals surface area contributed by atoms with E-state index in [1.54, 1.807) is 106 Å². The quantitative estimate of drug-likeness (QED) is 0.144. The highest BCUT2D eigenvalue weighted by molar-refractivity contribution is 5.66. The van der Waals surface area contributed by atoms with Gasteiger partial charge in [-0.15, -0.1) is 0 Å². The first-order valence-corrected chi connectivity index (χ1v) is 28.8. The molecule has 0 saturated heterocycles. The molecule has 14 aromatic rings. The Hall–Kier alpha value is -12.2. The molecule has 12 aromatic heterocycles. The molecule has 0 N–H and O–H groups in total. The lowest BCUT2D eigenvalue weighted by Crippen LogP contribution is -1.90. The third kappa shape index (κ3) is 20.5. The van der Waals surface area contributed by atoms with E-state index in [0.29, 0.717) is 0 Å². The minimum Gasteiger partial charge on any atom is -0.265 e. The maximum Gasteiger partial charge on any atom is 0.116 e. The largest absolute Gasteiger partial charge is 0.265 e. The van der Waals surface area contributed by atoms with Crippen LogP contribution in [0.2, 0.25) is 0 Å². The Morgan fingerprint density at radius 3 is 1.07 bits per heavy atom. The summed E-state index contributed by atoms with van der Waals surface area (Å²) in [5, 5.41) is 0. The van der Waals surface area contributed by atoms with Crippen LogP contribution >= 0.6 is 0 Å². The summed E-state index contributed by atoms with van der Waals surface area (Å²) >= 11 is 0. The van der Waals surface area contributed by atoms with E-state index in [4.69, 9.17) is 0 Å². The standard InChI is InChI=1S/C12H11N.C11H10N2.5C10H9N3/c1-10-6-5-9-12(13-10)11-7-3-2-4-8-11;1-9-11(7-12-8-13-9)10-5-3-2-4-6-10;1-8-10(6-12-7-13-8)9-2-4-11-5-3-9;1-8-6-12-7-13-10(8)9-2-4-11-5-3-9;1-8-10(6-12-7-13-8)9-3-2-4-11-5-9;1-8-5-12-7-13-10(8)9-3-2-4-11-6-9;1-8-9(6-11-7-13-8)10-4-2-3-5-12-10/h2-9H,1H3;2-8H,1H3;5*2-7H,1H3. The number of aromatic nitrogens is 18. The molecule has 0 aliphatic heterocycles. The van der Waals surface area contributed by atoms with Gasteiger partial charge in [0.1, 0.15) is 38.0 Å². The Bertz CT molecular complexity index is 3740. The summed E-state index contributed by atoms with van der Waals surface area (Å²) in [7, 11) is 0. The van der Waals surface area contributed by atoms with Crippen molar-refractivity contribution < 1.29 is 0 Å². The highest BCUT2D eigenvalue weighted by Gasteiger charge is 2.06. The van der Waals surface area contributed by atoms with Crippen LogP contribution in [0.15, 0.2) is 277 Å². The summed E-state index contributed by atoms with van der Waals surface area (Å²) in [6, 6.07) is 47.8. The second-order valence-corrected chi connectivity index (χ2v) is 19.8. The van der Waals surface area contributed by atoms with Gasteiger partial charge in [0.2, 0.25) is 0 Å². The summed E-state index contributed by atoms with van der Waals surface area (Å²) in [4.78, 5) is 73.4. The van der Waals surface area contributed by atoms with Crippen molar-refractivity contribution >= 4 is 0 Å². The third-order valence-electron chi connectivity index (χ3n) is 13.3. The summed E-state index contributed by atoms with van der Waals surface area (Å²) < 4.78 is 0. The van der Waals surface area contributed by atoms with Gasteiger partial charge in [-0.2, -0.15) is 0 Å². The molecule has 0 bridgehead atoms. The van der Waals surface area contributed by atoms with Crippen LogP contribution < -0.4 is 0 Å². The molecule has 91 heavy (non-hydrogen) atoms. The van der Waals surface area contributed by atoms with E-state index in [1.807, 2.05) is 195 Å². The minimum absolute atomic E-state index is 0.917. The molecule has 448 valence electrons. The number of rotatable bonds is 7. The highest BCUT2D eigenvalue weighted by atomic mass is 14.9. The topological polar surface area (TPSA) is 232 Å². The molecule has 0 aliphatic carbocycles. The second kappa shape index (κ2) is 35.4. The average Bonchev–Trinajstić information content (AvgIpc) is 3.81. The summed E-state index contributed by atoms with van der Waals surface area (Å²) in [6.45, 7) is 13.9. The van der Waals surface area contributed by atoms with Crippen molar-refractivity contribution in [2.24, 2.45) is 0 Å². The average molecular weight is 1200 g/mol. The van der Waals surface area contributed by atoms with Gasteiger partial charge in [-0.1, -0.05) is 78.9 Å². The molecular formula is C73H66N18. The first-order valence-electron chi connectivity index (χ1n) is 28.8. The number of benzene rings is 2. The second-order valence-electron chi connectivity index (χ2n) is 19.8. The van der Waals surface area contributed by atoms with Crippen LogP contribution in [-0.4, -0.2) is 89.7 Å². The van der Waals surface area contributed by atoms with E-state index in [1.165, 1.54) is 11.1 Å². The Morgan fingerprint density at radius 2 is 0.615 bits per heavy atom. The van der Waals surface area contributed by atoms with Gasteiger partial charge in [0.05, 0.1) is 28.5 Å². The number of aryl methyl sites for hydroxylation is 7. The summed E-state index contributed by atoms with van der Waals surface area (Å²) in [5.41, 5.74) is 21.8. The lowest BCUT2D eigenvalue weighted by molar-refractivity contribution is 1.10. The minimum atomic E-state index is 0.917. The number of pyridine rings is 6. The highest BCUT2D eigenvalue weighted by Crippen LogP contribution is 2.23. The van der Waals surface area contributed by atoms with Gasteiger partial charge in [0.15, 0.2) is 0 Å². The first kappa shape index (κ1) is 64.8. The monoisotopic (exact) mass is 1190 g/mol. The summed E-state index contributed by atoms with van der Waals surface area (Å²) in [5.74, 6) is 0. The van der Waals surface area contributed by atoms with Gasteiger partial charge in [0, 0.05) is 160 Å². The molecule has 0 atom stereocenters. The van der Waals surface area contributed by atoms with Crippen molar-refractivity contribution in [1.29, 1.82) is 0 Å². The van der Waals surface area contributed by atoms with Crippen molar-refractivity contribution in [3.63, 3.8) is 0 Å². The van der Waals surface area contributed by atoms with E-state index < -0.39 is 0 Å². The summed E-state index contributed by atoms with van der Waals surface area (Å²) in [6.07, 6.45) is 36.1. The maximum atomic E-state index is 4.44. The molecule has 0 amide bonds. The van der Waals surface area contributed by atoms with Crippen molar-refractivity contribution in [3.8, 4) is 78.4 Å². The Morgan fingerprint density at radius 1 is 0.220 bits per heavy atom. The first-order chi connectivity index (χ1) is 44.6. The van der Waals surface area contributed by atoms with E-state index >= 15 is 0 Å². The lowest BCUT2D eigenvalue weighted by atomic mass is 10.1. The number of hydrogen-bond donors (Lipinski definition) is 0. The van der Waals surface area contributed by atoms with Crippen molar-refractivity contribution in [3.05, 3.63) is 316 Å². The van der Waals surface area contributed by atoms with Crippen LogP contribution in [0.4, 0.5) is 0 Å². The maximum absolute atomic E-state index is 4.44. The number of nitrogens with zero attached hydrogens (tertiary/aromatic N) is 18. The normalized spacial score (nSPS) is 9.92. The van der Waals surface area contributed by atoms with E-state index in [-0.39, 0.29) is 0 Å². The van der Waals surface area contributed by atoms with Crippen LogP contribution in [0, 0.1) is 48.5 Å². The lowest BCUT2D eigenvalue weighted by Gasteiger charge is -2.02. The van der Waals surface area contributed by atoms with Crippen molar-refractivity contribution in [2.75, 3.05) is 0 Å². The number of hydrogen-bond acceptors (Lipinski definition) is 18. The van der Waals surface area contributed by atoms with Gasteiger partial charge in [-0.3, -0.25) is 29.9 Å². The molecule has 0 radical (unpaired) electrons. The fraction of sp³-hybridized carbons (Fsp3) is 0.0959. The molecular weight excluding hydrogens is 1130 g/mol. The van der Waals surface area contributed by atoms with Gasteiger partial charge in [-0.05, 0) is 137 Å². The van der Waals surface area contributed by atoms with Gasteiger partial charge < -0.3 is 0 Å². The molecule has 14 rings (SSSR count). The molecule has 2 aromatic carbocycles. The molecule has 0 fully saturated rings. The molecule has 0 unspecified atom stereocenters. The predicted octanol–water partition coefficient (Wildman–Crippen LogP) is 14.7. The smallest absolute Gasteiger partial charge is 0.116 e. The van der Waals surface area contributed by atoms with Gasteiger partial charge >= 0.3 is 0 Å². The van der Waals surface area contributed by atoms with Crippen LogP contribution in [0.3, 0.4) is 0 Å². The zero-order valence-electron chi connectivity index (χ0n) is 51.5. The van der Waals surface area contributed by atoms with Crippen LogP contribution in [0.5, 0.6) is 0 Å². The molecule has 12 heterocycles. The Labute approximate surface area is 530 Å². The third-order valence-corrected chi connectivity index (χ3v) is 13.3. The molecule has 0 spiro atoms. The van der Waals surface area contributed by atoms with E-state index in [0.717, 1.165) is 107 Å². The van der Waals surface area contributed by atoms with Crippen molar-refractivity contribution in [2.45, 2.75) is 48.5 Å². The predicted molar refractivity (Wildman–Crippen MR) is 357 cm³/mol. The van der Waals surface area contributed by atoms with Gasteiger partial charge in [0.25, 0.3) is 0 Å². The fourth-order valence-electron chi connectivity index (χ4n) is 8.59. The zero-order valence-corrected chi connectivity index (χ0v) is 51.5. The van der Waals surface area contributed by atoms with Crippen LogP contribution in [0.1, 0.15) is 39.6 Å². The molecule has 0 aliphatic rings. The Kier molecular flexibility index (Phi) is 25.2.